The van der Waals surface area contributed by atoms with Crippen molar-refractivity contribution in [2.24, 2.45) is 0 Å². The summed E-state index contributed by atoms with van der Waals surface area (Å²) in [6.45, 7) is 7.88. The molecule has 2 rings (SSSR count). The molecule has 3 nitrogen and oxygen atoms in total. The Morgan fingerprint density at radius 1 is 1.09 bits per heavy atom. The van der Waals surface area contributed by atoms with Crippen molar-refractivity contribution < 1.29 is 9.53 Å². The fourth-order valence-corrected chi connectivity index (χ4v) is 2.44. The van der Waals surface area contributed by atoms with Crippen LogP contribution in [0.1, 0.15) is 43.0 Å². The van der Waals surface area contributed by atoms with Gasteiger partial charge in [0, 0.05) is 0 Å². The summed E-state index contributed by atoms with van der Waals surface area (Å²) in [5, 5.41) is 3.08. The van der Waals surface area contributed by atoms with Gasteiger partial charge in [0.05, 0.1) is 6.04 Å². The molecule has 122 valence electrons. The number of aryl methyl sites for hydroxylation is 2. The monoisotopic (exact) mass is 311 g/mol. The van der Waals surface area contributed by atoms with Crippen LogP contribution >= 0.6 is 0 Å². The highest BCUT2D eigenvalue weighted by molar-refractivity contribution is 5.81. The highest BCUT2D eigenvalue weighted by Crippen LogP contribution is 2.20. The third-order valence-corrected chi connectivity index (χ3v) is 3.97. The van der Waals surface area contributed by atoms with Gasteiger partial charge in [0.2, 0.25) is 0 Å². The van der Waals surface area contributed by atoms with E-state index >= 15 is 0 Å². The van der Waals surface area contributed by atoms with Crippen LogP contribution < -0.4 is 10.1 Å². The third kappa shape index (κ3) is 4.59. The first-order chi connectivity index (χ1) is 11.0. The second-order valence-corrected chi connectivity index (χ2v) is 5.91. The number of carbonyl (C=O) groups is 1. The van der Waals surface area contributed by atoms with E-state index in [0.717, 1.165) is 23.3 Å². The number of hydrogen-bond acceptors (Lipinski definition) is 2. The number of ether oxygens (including phenoxy) is 1. The van der Waals surface area contributed by atoms with Crippen molar-refractivity contribution in [3.05, 3.63) is 65.2 Å². The van der Waals surface area contributed by atoms with Crippen LogP contribution in [-0.4, -0.2) is 12.0 Å². The van der Waals surface area contributed by atoms with Gasteiger partial charge < -0.3 is 10.1 Å². The highest BCUT2D eigenvalue weighted by atomic mass is 16.5. The van der Waals surface area contributed by atoms with Crippen molar-refractivity contribution in [1.82, 2.24) is 5.32 Å². The maximum Gasteiger partial charge on any atom is 0.261 e. The maximum atomic E-state index is 12.4. The Bertz CT molecular complexity index is 649. The van der Waals surface area contributed by atoms with Crippen LogP contribution in [0.25, 0.3) is 0 Å². The van der Waals surface area contributed by atoms with Gasteiger partial charge >= 0.3 is 0 Å². The molecule has 1 amide bonds. The lowest BCUT2D eigenvalue weighted by molar-refractivity contribution is -0.128. The maximum absolute atomic E-state index is 12.4. The van der Waals surface area contributed by atoms with Gasteiger partial charge in [-0.05, 0) is 44.4 Å². The zero-order valence-electron chi connectivity index (χ0n) is 14.3. The van der Waals surface area contributed by atoms with Crippen molar-refractivity contribution >= 4 is 5.91 Å². The average Bonchev–Trinajstić information content (AvgIpc) is 2.55. The SMILES string of the molecule is CC[C@@H](NC(=O)[C@H](C)Oc1ccccc1C)c1ccc(C)cc1. The molecule has 1 N–H and O–H groups in total. The lowest BCUT2D eigenvalue weighted by Gasteiger charge is -2.21. The number of para-hydroxylation sites is 1. The first kappa shape index (κ1) is 17.1. The van der Waals surface area contributed by atoms with Crippen LogP contribution in [0, 0.1) is 13.8 Å². The average molecular weight is 311 g/mol. The summed E-state index contributed by atoms with van der Waals surface area (Å²) in [5.74, 6) is 0.652. The molecule has 2 atom stereocenters. The summed E-state index contributed by atoms with van der Waals surface area (Å²) in [4.78, 5) is 12.4. The molecule has 0 bridgehead atoms. The van der Waals surface area contributed by atoms with E-state index in [9.17, 15) is 4.79 Å². The van der Waals surface area contributed by atoms with Crippen molar-refractivity contribution in [2.45, 2.75) is 46.3 Å². The van der Waals surface area contributed by atoms with Gasteiger partial charge in [-0.15, -0.1) is 0 Å². The Balaban J connectivity index is 2.01. The molecule has 0 spiro atoms. The largest absolute Gasteiger partial charge is 0.481 e. The Kier molecular flexibility index (Phi) is 5.80. The first-order valence-electron chi connectivity index (χ1n) is 8.10. The van der Waals surface area contributed by atoms with Gasteiger partial charge in [-0.2, -0.15) is 0 Å². The van der Waals surface area contributed by atoms with E-state index in [0.29, 0.717) is 0 Å². The summed E-state index contributed by atoms with van der Waals surface area (Å²) in [5.41, 5.74) is 3.36. The summed E-state index contributed by atoms with van der Waals surface area (Å²) >= 11 is 0. The molecule has 0 saturated carbocycles. The topological polar surface area (TPSA) is 38.3 Å². The predicted molar refractivity (Wildman–Crippen MR) is 93.6 cm³/mol. The first-order valence-corrected chi connectivity index (χ1v) is 8.10. The lowest BCUT2D eigenvalue weighted by atomic mass is 10.0. The Morgan fingerprint density at radius 3 is 2.35 bits per heavy atom. The second-order valence-electron chi connectivity index (χ2n) is 5.91. The van der Waals surface area contributed by atoms with Crippen LogP contribution in [0.15, 0.2) is 48.5 Å². The molecule has 0 radical (unpaired) electrons. The number of rotatable bonds is 6. The van der Waals surface area contributed by atoms with Gasteiger partial charge in [0.15, 0.2) is 6.10 Å². The molecular formula is C20H25NO2. The summed E-state index contributed by atoms with van der Waals surface area (Å²) in [6, 6.07) is 16.0. The lowest BCUT2D eigenvalue weighted by Crippen LogP contribution is -2.38. The van der Waals surface area contributed by atoms with Crippen molar-refractivity contribution in [1.29, 1.82) is 0 Å². The van der Waals surface area contributed by atoms with Crippen molar-refractivity contribution in [2.75, 3.05) is 0 Å². The molecular weight excluding hydrogens is 286 g/mol. The molecule has 2 aromatic rings. The highest BCUT2D eigenvalue weighted by Gasteiger charge is 2.19. The van der Waals surface area contributed by atoms with Gasteiger partial charge in [-0.25, -0.2) is 0 Å². The number of carbonyl (C=O) groups excluding carboxylic acids is 1. The molecule has 23 heavy (non-hydrogen) atoms. The summed E-state index contributed by atoms with van der Waals surface area (Å²) in [6.07, 6.45) is 0.307. The van der Waals surface area contributed by atoms with Crippen LogP contribution in [-0.2, 0) is 4.79 Å². The minimum Gasteiger partial charge on any atom is -0.481 e. The number of hydrogen-bond donors (Lipinski definition) is 1. The van der Waals surface area contributed by atoms with E-state index in [4.69, 9.17) is 4.74 Å². The number of benzene rings is 2. The fraction of sp³-hybridized carbons (Fsp3) is 0.350. The van der Waals surface area contributed by atoms with Gasteiger partial charge in [0.1, 0.15) is 5.75 Å². The Hall–Kier alpha value is -2.29. The standard InChI is InChI=1S/C20H25NO2/c1-5-18(17-12-10-14(2)11-13-17)21-20(22)16(4)23-19-9-7-6-8-15(19)3/h6-13,16,18H,5H2,1-4H3,(H,21,22)/t16-,18+/m0/s1. The Morgan fingerprint density at radius 2 is 1.74 bits per heavy atom. The second kappa shape index (κ2) is 7.82. The zero-order valence-corrected chi connectivity index (χ0v) is 14.3. The minimum atomic E-state index is -0.532. The van der Waals surface area contributed by atoms with E-state index in [1.165, 1.54) is 5.56 Å². The molecule has 0 aliphatic carbocycles. The molecule has 0 aliphatic rings. The molecule has 0 aliphatic heterocycles. The van der Waals surface area contributed by atoms with Crippen LogP contribution in [0.5, 0.6) is 5.75 Å². The fourth-order valence-electron chi connectivity index (χ4n) is 2.44. The summed E-state index contributed by atoms with van der Waals surface area (Å²) in [7, 11) is 0. The normalized spacial score (nSPS) is 13.2. The molecule has 0 fully saturated rings. The molecule has 2 aromatic carbocycles. The van der Waals surface area contributed by atoms with Gasteiger partial charge in [-0.1, -0.05) is 55.0 Å². The zero-order chi connectivity index (χ0) is 16.8. The van der Waals surface area contributed by atoms with E-state index < -0.39 is 6.10 Å². The quantitative estimate of drug-likeness (QED) is 0.862. The van der Waals surface area contributed by atoms with Crippen LogP contribution in [0.3, 0.4) is 0 Å². The van der Waals surface area contributed by atoms with Gasteiger partial charge in [0.25, 0.3) is 5.91 Å². The van der Waals surface area contributed by atoms with E-state index in [1.54, 1.807) is 6.92 Å². The predicted octanol–water partition coefficient (Wildman–Crippen LogP) is 4.34. The smallest absolute Gasteiger partial charge is 0.261 e. The van der Waals surface area contributed by atoms with E-state index in [1.807, 2.05) is 31.2 Å². The van der Waals surface area contributed by atoms with Crippen LogP contribution in [0.2, 0.25) is 0 Å². The van der Waals surface area contributed by atoms with Gasteiger partial charge in [-0.3, -0.25) is 4.79 Å². The molecule has 0 heterocycles. The molecule has 0 unspecified atom stereocenters. The van der Waals surface area contributed by atoms with E-state index in [-0.39, 0.29) is 11.9 Å². The Labute approximate surface area is 138 Å². The minimum absolute atomic E-state index is 0.00557. The number of amides is 1. The van der Waals surface area contributed by atoms with Crippen LogP contribution in [0.4, 0.5) is 0 Å². The van der Waals surface area contributed by atoms with E-state index in [2.05, 4.69) is 43.4 Å². The van der Waals surface area contributed by atoms with Crippen molar-refractivity contribution in [3.8, 4) is 5.75 Å². The summed E-state index contributed by atoms with van der Waals surface area (Å²) < 4.78 is 5.80. The third-order valence-electron chi connectivity index (χ3n) is 3.97. The molecule has 3 heteroatoms. The van der Waals surface area contributed by atoms with Crippen molar-refractivity contribution in [3.63, 3.8) is 0 Å². The number of nitrogens with one attached hydrogen (secondary N) is 1. The molecule has 0 saturated heterocycles. The molecule has 0 aromatic heterocycles.